The molecule has 0 aromatic carbocycles. The summed E-state index contributed by atoms with van der Waals surface area (Å²) in [5.74, 6) is 0.714. The van der Waals surface area contributed by atoms with Gasteiger partial charge in [0.1, 0.15) is 18.5 Å². The van der Waals surface area contributed by atoms with Crippen molar-refractivity contribution < 1.29 is 4.79 Å². The topological polar surface area (TPSA) is 44.4 Å². The van der Waals surface area contributed by atoms with Crippen LogP contribution in [0, 0.1) is 5.92 Å². The fourth-order valence-electron chi connectivity index (χ4n) is 3.25. The molecule has 3 rings (SSSR count). The van der Waals surface area contributed by atoms with Gasteiger partial charge in [-0.2, -0.15) is 0 Å². The lowest BCUT2D eigenvalue weighted by Gasteiger charge is -2.28. The van der Waals surface area contributed by atoms with Crippen LogP contribution in [0.2, 0.25) is 0 Å². The predicted octanol–water partition coefficient (Wildman–Crippen LogP) is 0.934. The zero-order valence-corrected chi connectivity index (χ0v) is 10.1. The fraction of sp³-hybridized carbons (Fsp3) is 0.615. The normalized spacial score (nSPS) is 32.4. The molecule has 1 saturated carbocycles. The summed E-state index contributed by atoms with van der Waals surface area (Å²) in [5, 5.41) is 6.62. The first-order chi connectivity index (χ1) is 8.31. The maximum absolute atomic E-state index is 11.0. The number of nitrogens with zero attached hydrogens (tertiary/aromatic N) is 1. The van der Waals surface area contributed by atoms with Crippen molar-refractivity contribution in [3.05, 3.63) is 23.7 Å². The second kappa shape index (κ2) is 4.09. The number of rotatable bonds is 2. The average Bonchev–Trinajstić information content (AvgIpc) is 2.97. The van der Waals surface area contributed by atoms with Crippen LogP contribution < -0.4 is 10.6 Å². The molecule has 0 saturated heterocycles. The van der Waals surface area contributed by atoms with Crippen LogP contribution in [0.15, 0.2) is 23.7 Å². The molecule has 2 N–H and O–H groups in total. The second-order valence-electron chi connectivity index (χ2n) is 5.16. The fourth-order valence-corrected chi connectivity index (χ4v) is 3.25. The van der Waals surface area contributed by atoms with E-state index in [1.165, 1.54) is 25.7 Å². The summed E-state index contributed by atoms with van der Waals surface area (Å²) in [6, 6.07) is -0.205. The van der Waals surface area contributed by atoms with E-state index in [2.05, 4.69) is 28.7 Å². The number of likely N-dealkylation sites (N-methyl/N-ethyl adjacent to an activating group) is 1. The van der Waals surface area contributed by atoms with Gasteiger partial charge in [0.05, 0.1) is 11.4 Å². The number of carbonyl (C=O) groups is 1. The van der Waals surface area contributed by atoms with E-state index < -0.39 is 0 Å². The maximum Gasteiger partial charge on any atom is 0.148 e. The third-order valence-electron chi connectivity index (χ3n) is 4.19. The van der Waals surface area contributed by atoms with Gasteiger partial charge >= 0.3 is 0 Å². The van der Waals surface area contributed by atoms with E-state index in [1.807, 2.05) is 6.20 Å². The number of dihydropyridines is 1. The van der Waals surface area contributed by atoms with Gasteiger partial charge in [-0.25, -0.2) is 0 Å². The molecule has 2 heterocycles. The van der Waals surface area contributed by atoms with Crippen molar-refractivity contribution in [1.82, 2.24) is 15.5 Å². The highest BCUT2D eigenvalue weighted by atomic mass is 16.1. The molecule has 1 aliphatic carbocycles. The Morgan fingerprint density at radius 3 is 2.88 bits per heavy atom. The number of carbonyl (C=O) groups excluding carboxylic acids is 1. The first-order valence-electron chi connectivity index (χ1n) is 6.42. The maximum atomic E-state index is 11.0. The Bertz CT molecular complexity index is 382. The zero-order valence-electron chi connectivity index (χ0n) is 10.1. The third kappa shape index (κ3) is 1.63. The summed E-state index contributed by atoms with van der Waals surface area (Å²) >= 11 is 0. The van der Waals surface area contributed by atoms with Gasteiger partial charge in [-0.05, 0) is 31.0 Å². The van der Waals surface area contributed by atoms with Gasteiger partial charge < -0.3 is 20.3 Å². The first-order valence-corrected chi connectivity index (χ1v) is 6.42. The highest BCUT2D eigenvalue weighted by Gasteiger charge is 2.37. The molecular weight excluding hydrogens is 214 g/mol. The second-order valence-corrected chi connectivity index (χ2v) is 5.16. The van der Waals surface area contributed by atoms with E-state index >= 15 is 0 Å². The predicted molar refractivity (Wildman–Crippen MR) is 65.8 cm³/mol. The third-order valence-corrected chi connectivity index (χ3v) is 4.19. The van der Waals surface area contributed by atoms with Gasteiger partial charge in [0.15, 0.2) is 0 Å². The molecule has 17 heavy (non-hydrogen) atoms. The number of aldehydes is 1. The first kappa shape index (κ1) is 10.7. The van der Waals surface area contributed by atoms with E-state index in [4.69, 9.17) is 0 Å². The molecule has 0 amide bonds. The lowest BCUT2D eigenvalue weighted by Crippen LogP contribution is -2.42. The van der Waals surface area contributed by atoms with E-state index in [0.717, 1.165) is 17.7 Å². The Kier molecular flexibility index (Phi) is 2.57. The Morgan fingerprint density at radius 1 is 1.41 bits per heavy atom. The minimum Gasteiger partial charge on any atom is -0.377 e. The van der Waals surface area contributed by atoms with Crippen LogP contribution >= 0.6 is 0 Å². The summed E-state index contributed by atoms with van der Waals surface area (Å²) < 4.78 is 0. The molecule has 2 unspecified atom stereocenters. The van der Waals surface area contributed by atoms with Crippen LogP contribution in [0.3, 0.4) is 0 Å². The minimum absolute atomic E-state index is 0.205. The van der Waals surface area contributed by atoms with Crippen molar-refractivity contribution in [2.45, 2.75) is 37.9 Å². The van der Waals surface area contributed by atoms with Crippen molar-refractivity contribution in [1.29, 1.82) is 0 Å². The van der Waals surface area contributed by atoms with E-state index in [9.17, 15) is 4.79 Å². The summed E-state index contributed by atoms with van der Waals surface area (Å²) in [7, 11) is 2.12. The van der Waals surface area contributed by atoms with Crippen molar-refractivity contribution >= 4 is 6.29 Å². The molecule has 1 fully saturated rings. The Hall–Kier alpha value is -1.45. The number of hydrogen-bond acceptors (Lipinski definition) is 4. The van der Waals surface area contributed by atoms with Gasteiger partial charge in [-0.1, -0.05) is 12.8 Å². The number of hydrogen-bond donors (Lipinski definition) is 2. The van der Waals surface area contributed by atoms with Gasteiger partial charge in [-0.15, -0.1) is 0 Å². The molecule has 2 aliphatic heterocycles. The highest BCUT2D eigenvalue weighted by Crippen LogP contribution is 2.35. The molecule has 3 aliphatic rings. The largest absolute Gasteiger partial charge is 0.377 e. The molecule has 0 bridgehead atoms. The van der Waals surface area contributed by atoms with Crippen LogP contribution in [0.4, 0.5) is 0 Å². The molecule has 0 radical (unpaired) electrons. The molecular formula is C13H19N3O. The van der Waals surface area contributed by atoms with Crippen LogP contribution in [-0.2, 0) is 4.79 Å². The Balaban J connectivity index is 1.82. The molecule has 92 valence electrons. The molecule has 4 nitrogen and oxygen atoms in total. The summed E-state index contributed by atoms with van der Waals surface area (Å²) in [6.45, 7) is 0. The molecule has 0 aromatic rings. The van der Waals surface area contributed by atoms with E-state index in [-0.39, 0.29) is 6.04 Å². The summed E-state index contributed by atoms with van der Waals surface area (Å²) in [6.07, 6.45) is 10.5. The van der Waals surface area contributed by atoms with E-state index in [0.29, 0.717) is 12.1 Å². The summed E-state index contributed by atoms with van der Waals surface area (Å²) in [4.78, 5) is 13.3. The van der Waals surface area contributed by atoms with Crippen molar-refractivity contribution in [3.8, 4) is 0 Å². The van der Waals surface area contributed by atoms with Crippen LogP contribution in [0.5, 0.6) is 0 Å². The highest BCUT2D eigenvalue weighted by molar-refractivity contribution is 5.66. The van der Waals surface area contributed by atoms with Gasteiger partial charge in [0, 0.05) is 7.05 Å². The zero-order chi connectivity index (χ0) is 11.8. The van der Waals surface area contributed by atoms with Crippen LogP contribution in [-0.4, -0.2) is 30.4 Å². The monoisotopic (exact) mass is 233 g/mol. The standard InChI is InChI=1S/C13H19N3O/c1-16-11-6-7-14-10(8-17)12(11)15-13(16)9-4-2-3-5-9/h6-10,13-15H,2-5H2,1H3. The average molecular weight is 233 g/mol. The van der Waals surface area contributed by atoms with Crippen LogP contribution in [0.1, 0.15) is 25.7 Å². The van der Waals surface area contributed by atoms with E-state index in [1.54, 1.807) is 0 Å². The molecule has 0 spiro atoms. The van der Waals surface area contributed by atoms with Gasteiger partial charge in [-0.3, -0.25) is 0 Å². The molecule has 0 aromatic heterocycles. The number of nitrogens with one attached hydrogen (secondary N) is 2. The lowest BCUT2D eigenvalue weighted by atomic mass is 10.0. The van der Waals surface area contributed by atoms with Crippen molar-refractivity contribution in [2.24, 2.45) is 5.92 Å². The van der Waals surface area contributed by atoms with Crippen molar-refractivity contribution in [3.63, 3.8) is 0 Å². The molecule has 4 heteroatoms. The van der Waals surface area contributed by atoms with Gasteiger partial charge in [0.2, 0.25) is 0 Å². The van der Waals surface area contributed by atoms with Crippen molar-refractivity contribution in [2.75, 3.05) is 7.05 Å². The SMILES string of the molecule is CN1C2=C(NC1C1CCCC1)C(C=O)NC=C2. The molecule has 2 atom stereocenters. The van der Waals surface area contributed by atoms with Gasteiger partial charge in [0.25, 0.3) is 0 Å². The van der Waals surface area contributed by atoms with Crippen LogP contribution in [0.25, 0.3) is 0 Å². The Morgan fingerprint density at radius 2 is 2.18 bits per heavy atom. The number of allylic oxidation sites excluding steroid dienone is 1. The Labute approximate surface area is 102 Å². The summed E-state index contributed by atoms with van der Waals surface area (Å²) in [5.41, 5.74) is 2.21. The minimum atomic E-state index is -0.205. The quantitative estimate of drug-likeness (QED) is 0.697. The lowest BCUT2D eigenvalue weighted by molar-refractivity contribution is -0.108. The smallest absolute Gasteiger partial charge is 0.148 e.